The van der Waals surface area contributed by atoms with Gasteiger partial charge >= 0.3 is 213 Å². The van der Waals surface area contributed by atoms with Crippen LogP contribution in [-0.4, -0.2) is 51.0 Å². The minimum atomic E-state index is -4.12. The molecule has 0 radical (unpaired) electrons. The van der Waals surface area contributed by atoms with Crippen LogP contribution in [0.1, 0.15) is 13.8 Å². The van der Waals surface area contributed by atoms with E-state index >= 15 is 0 Å². The van der Waals surface area contributed by atoms with Crippen LogP contribution >= 0.6 is 0 Å². The first-order chi connectivity index (χ1) is 16.6. The van der Waals surface area contributed by atoms with Gasteiger partial charge in [-0.05, 0) is 0 Å². The van der Waals surface area contributed by atoms with Crippen LogP contribution in [0.5, 0.6) is 0 Å². The van der Waals surface area contributed by atoms with E-state index in [2.05, 4.69) is 48.5 Å². The third kappa shape index (κ3) is 4.72. The van der Waals surface area contributed by atoms with E-state index in [9.17, 15) is 0 Å². The molecule has 34 heavy (non-hydrogen) atoms. The molecule has 1 aliphatic rings. The molecule has 1 fully saturated rings. The third-order valence-corrected chi connectivity index (χ3v) is 26.0. The predicted octanol–water partition coefficient (Wildman–Crippen LogP) is 3.27. The SMILES string of the molecule is CC1[O][Sn]([c]2ccccc2)([c]2ccccc2)[O]C(C)[O][Sn]([c]2ccccc2)([c]2ccccc2)[O]1. The predicted molar refractivity (Wildman–Crippen MR) is 139 cm³/mol. The van der Waals surface area contributed by atoms with Crippen LogP contribution < -0.4 is 14.3 Å². The van der Waals surface area contributed by atoms with Gasteiger partial charge in [-0.3, -0.25) is 0 Å². The monoisotopic (exact) mass is 668 g/mol. The molecule has 0 saturated carbocycles. The first-order valence-electron chi connectivity index (χ1n) is 11.6. The van der Waals surface area contributed by atoms with Crippen molar-refractivity contribution in [1.29, 1.82) is 0 Å². The first kappa shape index (κ1) is 24.0. The van der Waals surface area contributed by atoms with Crippen molar-refractivity contribution in [2.75, 3.05) is 0 Å². The summed E-state index contributed by atoms with van der Waals surface area (Å²) in [7, 11) is 0. The van der Waals surface area contributed by atoms with E-state index in [0.717, 1.165) is 14.3 Å². The Bertz CT molecular complexity index is 998. The molecular formula is C28H28O4Sn2. The Morgan fingerprint density at radius 2 is 0.588 bits per heavy atom. The van der Waals surface area contributed by atoms with Crippen molar-refractivity contribution in [3.8, 4) is 0 Å². The van der Waals surface area contributed by atoms with Gasteiger partial charge in [0.25, 0.3) is 0 Å². The maximum atomic E-state index is 6.96. The second kappa shape index (κ2) is 10.5. The summed E-state index contributed by atoms with van der Waals surface area (Å²) >= 11 is -8.25. The Hall–Kier alpha value is -1.68. The van der Waals surface area contributed by atoms with Crippen molar-refractivity contribution in [3.05, 3.63) is 121 Å². The average Bonchev–Trinajstić information content (AvgIpc) is 2.89. The molecule has 172 valence electrons. The van der Waals surface area contributed by atoms with Crippen LogP contribution in [0.3, 0.4) is 0 Å². The van der Waals surface area contributed by atoms with Crippen LogP contribution in [0.4, 0.5) is 0 Å². The van der Waals surface area contributed by atoms with Crippen molar-refractivity contribution >= 4 is 52.7 Å². The Balaban J connectivity index is 1.64. The molecule has 0 spiro atoms. The Morgan fingerprint density at radius 1 is 0.382 bits per heavy atom. The molecule has 1 heterocycles. The topological polar surface area (TPSA) is 36.9 Å². The van der Waals surface area contributed by atoms with Crippen LogP contribution in [0.25, 0.3) is 0 Å². The van der Waals surface area contributed by atoms with Gasteiger partial charge in [0.1, 0.15) is 0 Å². The number of benzene rings is 4. The minimum absolute atomic E-state index is 0.500. The van der Waals surface area contributed by atoms with Crippen LogP contribution in [0, 0.1) is 0 Å². The summed E-state index contributed by atoms with van der Waals surface area (Å²) < 4.78 is 32.2. The molecule has 0 aromatic heterocycles. The van der Waals surface area contributed by atoms with E-state index in [1.54, 1.807) is 0 Å². The van der Waals surface area contributed by atoms with E-state index in [4.69, 9.17) is 12.3 Å². The van der Waals surface area contributed by atoms with Crippen molar-refractivity contribution in [2.24, 2.45) is 0 Å². The van der Waals surface area contributed by atoms with Gasteiger partial charge in [0.2, 0.25) is 0 Å². The first-order valence-corrected chi connectivity index (χ1v) is 21.9. The summed E-state index contributed by atoms with van der Waals surface area (Å²) in [6.07, 6.45) is -1.00. The second-order valence-corrected chi connectivity index (χ2v) is 24.6. The maximum absolute atomic E-state index is 6.96. The van der Waals surface area contributed by atoms with Crippen molar-refractivity contribution in [2.45, 2.75) is 26.4 Å². The van der Waals surface area contributed by atoms with E-state index in [1.165, 1.54) is 0 Å². The molecule has 0 unspecified atom stereocenters. The number of rotatable bonds is 4. The quantitative estimate of drug-likeness (QED) is 0.314. The molecule has 1 aliphatic heterocycles. The summed E-state index contributed by atoms with van der Waals surface area (Å²) in [6.45, 7) is 3.97. The van der Waals surface area contributed by atoms with Crippen LogP contribution in [0.15, 0.2) is 121 Å². The van der Waals surface area contributed by atoms with Crippen molar-refractivity contribution < 1.29 is 12.3 Å². The fourth-order valence-corrected chi connectivity index (χ4v) is 24.5. The van der Waals surface area contributed by atoms with E-state index < -0.39 is 51.0 Å². The standard InChI is InChI=1S/4C6H5.2C2H4O2.2Sn/c4*1-2-4-6-5-3-1;2*1-2(3)4;;/h4*1-5H;2*2H,1H3;;/q;;;;2*-2;2*+2. The molecule has 1 saturated heterocycles. The van der Waals surface area contributed by atoms with Gasteiger partial charge in [-0.1, -0.05) is 0 Å². The number of hydrogen-bond acceptors (Lipinski definition) is 4. The second-order valence-electron chi connectivity index (χ2n) is 8.30. The van der Waals surface area contributed by atoms with Gasteiger partial charge in [0.05, 0.1) is 0 Å². The van der Waals surface area contributed by atoms with Crippen molar-refractivity contribution in [3.63, 3.8) is 0 Å². The summed E-state index contributed by atoms with van der Waals surface area (Å²) in [4.78, 5) is 0. The molecule has 0 bridgehead atoms. The number of hydrogen-bond donors (Lipinski definition) is 0. The fraction of sp³-hybridized carbons (Fsp3) is 0.143. The molecular weight excluding hydrogens is 638 g/mol. The molecule has 0 aliphatic carbocycles. The zero-order valence-electron chi connectivity index (χ0n) is 19.3. The summed E-state index contributed by atoms with van der Waals surface area (Å²) in [6, 6.07) is 41.2. The van der Waals surface area contributed by atoms with Gasteiger partial charge in [-0.2, -0.15) is 0 Å². The van der Waals surface area contributed by atoms with Crippen LogP contribution in [0.2, 0.25) is 0 Å². The van der Waals surface area contributed by atoms with Gasteiger partial charge in [-0.25, -0.2) is 0 Å². The van der Waals surface area contributed by atoms with E-state index in [0.29, 0.717) is 0 Å². The van der Waals surface area contributed by atoms with E-state index in [1.807, 2.05) is 86.6 Å². The molecule has 4 aromatic rings. The Labute approximate surface area is 211 Å². The molecule has 0 N–H and O–H groups in total. The molecule has 0 amide bonds. The summed E-state index contributed by atoms with van der Waals surface area (Å²) in [5.74, 6) is 0. The summed E-state index contributed by atoms with van der Waals surface area (Å²) in [5.41, 5.74) is 0. The molecule has 6 heteroatoms. The van der Waals surface area contributed by atoms with Gasteiger partial charge in [0, 0.05) is 0 Å². The van der Waals surface area contributed by atoms with Gasteiger partial charge < -0.3 is 0 Å². The van der Waals surface area contributed by atoms with Crippen molar-refractivity contribution in [1.82, 2.24) is 0 Å². The van der Waals surface area contributed by atoms with Gasteiger partial charge in [0.15, 0.2) is 0 Å². The van der Waals surface area contributed by atoms with Crippen LogP contribution in [-0.2, 0) is 12.3 Å². The molecule has 4 nitrogen and oxygen atoms in total. The van der Waals surface area contributed by atoms with E-state index in [-0.39, 0.29) is 0 Å². The summed E-state index contributed by atoms with van der Waals surface area (Å²) in [5, 5.41) is 0. The molecule has 0 atom stereocenters. The molecule has 5 rings (SSSR count). The third-order valence-electron chi connectivity index (χ3n) is 5.94. The zero-order valence-corrected chi connectivity index (χ0v) is 25.0. The Kier molecular flexibility index (Phi) is 7.43. The zero-order chi connectivity index (χ0) is 23.4. The average molecular weight is 666 g/mol. The fourth-order valence-electron chi connectivity index (χ4n) is 4.55. The normalized spacial score (nSPS) is 21.8. The van der Waals surface area contributed by atoms with Gasteiger partial charge in [-0.15, -0.1) is 0 Å². The molecule has 4 aromatic carbocycles. The Morgan fingerprint density at radius 3 is 0.794 bits per heavy atom.